The van der Waals surface area contributed by atoms with E-state index in [9.17, 15) is 9.18 Å². The number of fused-ring (bicyclic) bond motifs is 3. The summed E-state index contributed by atoms with van der Waals surface area (Å²) in [6, 6.07) is 13.4. The average molecular weight is 677 g/mol. The number of thiophene rings is 1. The molecule has 0 N–H and O–H groups in total. The van der Waals surface area contributed by atoms with Crippen LogP contribution in [0.15, 0.2) is 79.1 Å². The number of hydrogen-bond acceptors (Lipinski definition) is 7. The molecule has 0 spiro atoms. The molecule has 6 heterocycles. The van der Waals surface area contributed by atoms with E-state index in [2.05, 4.69) is 16.7 Å². The van der Waals surface area contributed by atoms with Gasteiger partial charge in [0.15, 0.2) is 0 Å². The van der Waals surface area contributed by atoms with Gasteiger partial charge in [-0.15, -0.1) is 11.3 Å². The molecule has 5 aromatic heterocycles. The van der Waals surface area contributed by atoms with Crippen LogP contribution in [0.1, 0.15) is 24.4 Å². The van der Waals surface area contributed by atoms with Crippen LogP contribution in [-0.2, 0) is 32.0 Å². The number of imidazole rings is 1. The Labute approximate surface area is 283 Å². The number of hydrogen-bond donors (Lipinski definition) is 0. The summed E-state index contributed by atoms with van der Waals surface area (Å²) in [6.07, 6.45) is 4.70. The zero-order chi connectivity index (χ0) is 34.0. The number of rotatable bonds is 7. The molecule has 2 aromatic carbocycles. The topological polar surface area (TPSA) is 95.9 Å². The molecule has 1 aliphatic heterocycles. The molecule has 7 aromatic rings. The van der Waals surface area contributed by atoms with Crippen molar-refractivity contribution >= 4 is 38.4 Å². The molecule has 246 valence electrons. The summed E-state index contributed by atoms with van der Waals surface area (Å²) in [4.78, 5) is 24.2. The molecule has 10 nitrogen and oxygen atoms in total. The van der Waals surface area contributed by atoms with Crippen LogP contribution >= 0.6 is 11.3 Å². The van der Waals surface area contributed by atoms with E-state index in [1.807, 2.05) is 58.9 Å². The Morgan fingerprint density at radius 2 is 1.94 bits per heavy atom. The summed E-state index contributed by atoms with van der Waals surface area (Å²) in [5.74, 6) is -1.70. The zero-order valence-corrected chi connectivity index (χ0v) is 27.7. The lowest BCUT2D eigenvalue weighted by molar-refractivity contribution is -0.129. The quantitative estimate of drug-likeness (QED) is 0.168. The Morgan fingerprint density at radius 1 is 1.08 bits per heavy atom. The predicted molar refractivity (Wildman–Crippen MR) is 184 cm³/mol. The van der Waals surface area contributed by atoms with Crippen molar-refractivity contribution < 1.29 is 18.3 Å². The van der Waals surface area contributed by atoms with Gasteiger partial charge in [-0.1, -0.05) is 12.6 Å². The largest absolute Gasteiger partial charge is 0.486 e. The van der Waals surface area contributed by atoms with Gasteiger partial charge >= 0.3 is 0 Å². The Morgan fingerprint density at radius 3 is 2.73 bits per heavy atom. The third kappa shape index (κ3) is 5.08. The summed E-state index contributed by atoms with van der Waals surface area (Å²) in [6.45, 7) is 6.55. The summed E-state index contributed by atoms with van der Waals surface area (Å²) < 4.78 is 43.5. The number of benzene rings is 2. The number of amides is 1. The van der Waals surface area contributed by atoms with E-state index in [1.54, 1.807) is 35.2 Å². The lowest BCUT2D eigenvalue weighted by atomic mass is 9.96. The third-order valence-corrected chi connectivity index (χ3v) is 10.1. The second-order valence-electron chi connectivity index (χ2n) is 12.0. The second kappa shape index (κ2) is 11.8. The van der Waals surface area contributed by atoms with Crippen LogP contribution in [0, 0.1) is 11.6 Å². The van der Waals surface area contributed by atoms with E-state index < -0.39 is 11.6 Å². The molecule has 1 aliphatic rings. The van der Waals surface area contributed by atoms with Crippen molar-refractivity contribution in [1.82, 2.24) is 39.0 Å². The van der Waals surface area contributed by atoms with E-state index in [0.29, 0.717) is 35.7 Å². The molecule has 13 heteroatoms. The molecule has 0 fully saturated rings. The van der Waals surface area contributed by atoms with Crippen molar-refractivity contribution in [1.29, 1.82) is 0 Å². The highest BCUT2D eigenvalue weighted by Crippen LogP contribution is 2.47. The van der Waals surface area contributed by atoms with Gasteiger partial charge in [-0.25, -0.2) is 18.7 Å². The Kier molecular flexibility index (Phi) is 7.36. The molecule has 49 heavy (non-hydrogen) atoms. The summed E-state index contributed by atoms with van der Waals surface area (Å²) in [7, 11) is 3.71. The lowest BCUT2D eigenvalue weighted by Gasteiger charge is -2.33. The Bertz CT molecular complexity index is 2440. The molecule has 1 atom stereocenters. The molecule has 8 rings (SSSR count). The number of ether oxygens (including phenoxy) is 1. The number of carbonyl (C=O) groups is 1. The first-order valence-electron chi connectivity index (χ1n) is 15.6. The Balaban J connectivity index is 1.38. The van der Waals surface area contributed by atoms with Gasteiger partial charge in [0, 0.05) is 60.2 Å². The molecule has 0 unspecified atom stereocenters. The number of aromatic nitrogens is 7. The Hall–Kier alpha value is -5.69. The SMILES string of the molecule is C=CC(=O)N1CCn2nc(-c3nc(-c4ccc5c(c4)ncn5C)c4ccsc4c3-c3c(F)cc(F)cc3OCc3ccnn3C)cc2[C@H]1C. The van der Waals surface area contributed by atoms with Crippen LogP contribution in [0.5, 0.6) is 5.75 Å². The molecule has 0 aliphatic carbocycles. The van der Waals surface area contributed by atoms with E-state index in [-0.39, 0.29) is 29.9 Å². The van der Waals surface area contributed by atoms with Crippen molar-refractivity contribution in [3.63, 3.8) is 0 Å². The number of nitrogens with zero attached hydrogens (tertiary/aromatic N) is 8. The van der Waals surface area contributed by atoms with E-state index in [4.69, 9.17) is 14.8 Å². The van der Waals surface area contributed by atoms with Crippen LogP contribution in [-0.4, -0.2) is 51.4 Å². The van der Waals surface area contributed by atoms with Crippen molar-refractivity contribution in [3.8, 4) is 39.5 Å². The molecule has 0 bridgehead atoms. The van der Waals surface area contributed by atoms with Gasteiger partial charge in [0.05, 0.1) is 52.6 Å². The fraction of sp³-hybridized carbons (Fsp3) is 0.194. The molecule has 0 saturated heterocycles. The summed E-state index contributed by atoms with van der Waals surface area (Å²) in [5.41, 5.74) is 6.22. The zero-order valence-electron chi connectivity index (χ0n) is 26.9. The maximum Gasteiger partial charge on any atom is 0.246 e. The minimum absolute atomic E-state index is 0.0270. The molecular formula is C36H30F2N8O2S. The summed E-state index contributed by atoms with van der Waals surface area (Å²) in [5, 5.41) is 11.9. The minimum atomic E-state index is -0.791. The van der Waals surface area contributed by atoms with Crippen LogP contribution in [0.2, 0.25) is 0 Å². The molecule has 0 radical (unpaired) electrons. The van der Waals surface area contributed by atoms with Crippen molar-refractivity contribution in [3.05, 3.63) is 102 Å². The second-order valence-corrected chi connectivity index (χ2v) is 12.9. The van der Waals surface area contributed by atoms with Gasteiger partial charge in [-0.05, 0) is 48.7 Å². The highest BCUT2D eigenvalue weighted by atomic mass is 32.1. The average Bonchev–Trinajstić information content (AvgIpc) is 3.90. The smallest absolute Gasteiger partial charge is 0.246 e. The van der Waals surface area contributed by atoms with Gasteiger partial charge in [0.2, 0.25) is 5.91 Å². The minimum Gasteiger partial charge on any atom is -0.486 e. The first-order chi connectivity index (χ1) is 23.7. The lowest BCUT2D eigenvalue weighted by Crippen LogP contribution is -2.40. The number of halogens is 2. The maximum absolute atomic E-state index is 16.3. The van der Waals surface area contributed by atoms with Gasteiger partial charge in [-0.3, -0.25) is 14.2 Å². The maximum atomic E-state index is 16.3. The van der Waals surface area contributed by atoms with Gasteiger partial charge < -0.3 is 14.2 Å². The number of pyridine rings is 1. The van der Waals surface area contributed by atoms with Crippen LogP contribution < -0.4 is 4.74 Å². The molecule has 1 amide bonds. The van der Waals surface area contributed by atoms with Crippen molar-refractivity contribution in [2.24, 2.45) is 14.1 Å². The molecule has 0 saturated carbocycles. The van der Waals surface area contributed by atoms with Crippen molar-refractivity contribution in [2.75, 3.05) is 6.54 Å². The van der Waals surface area contributed by atoms with Crippen LogP contribution in [0.3, 0.4) is 0 Å². The standard InChI is InChI=1S/C36H30F2N8O2S/c1-5-31(47)45-11-12-46-29(20(45)2)17-27(42-46)35-33(32-25(38)15-22(37)16-30(32)48-18-23-8-10-40-44(23)4)36-24(9-13-49-36)34(41-35)21-6-7-28-26(14-21)39-19-43(28)3/h5-10,13-17,19-20H,1,11-12,18H2,2-4H3/t20-/m1/s1. The highest BCUT2D eigenvalue weighted by molar-refractivity contribution is 7.18. The molecular weight excluding hydrogens is 647 g/mol. The van der Waals surface area contributed by atoms with E-state index in [0.717, 1.165) is 44.1 Å². The first-order valence-corrected chi connectivity index (χ1v) is 16.5. The van der Waals surface area contributed by atoms with E-state index >= 15 is 4.39 Å². The normalized spacial score (nSPS) is 14.5. The van der Waals surface area contributed by atoms with Gasteiger partial charge in [0.1, 0.15) is 35.4 Å². The van der Waals surface area contributed by atoms with Gasteiger partial charge in [-0.2, -0.15) is 10.2 Å². The summed E-state index contributed by atoms with van der Waals surface area (Å²) >= 11 is 1.43. The third-order valence-electron chi connectivity index (χ3n) is 9.13. The number of carbonyl (C=O) groups excluding carboxylic acids is 1. The number of aryl methyl sites for hydroxylation is 2. The van der Waals surface area contributed by atoms with Gasteiger partial charge in [0.25, 0.3) is 0 Å². The van der Waals surface area contributed by atoms with Crippen LogP contribution in [0.4, 0.5) is 8.78 Å². The van der Waals surface area contributed by atoms with Crippen LogP contribution in [0.25, 0.3) is 54.9 Å². The fourth-order valence-electron chi connectivity index (χ4n) is 6.58. The fourth-order valence-corrected chi connectivity index (χ4v) is 7.53. The van der Waals surface area contributed by atoms with E-state index in [1.165, 1.54) is 23.5 Å². The highest BCUT2D eigenvalue weighted by Gasteiger charge is 2.31. The predicted octanol–water partition coefficient (Wildman–Crippen LogP) is 7.06. The monoisotopic (exact) mass is 676 g/mol. The van der Waals surface area contributed by atoms with Crippen molar-refractivity contribution in [2.45, 2.75) is 26.1 Å². The first kappa shape index (κ1) is 30.6.